The third-order valence-corrected chi connectivity index (χ3v) is 6.15. The fraction of sp³-hybridized carbons (Fsp3) is 0.440. The van der Waals surface area contributed by atoms with Crippen LogP contribution in [0.5, 0.6) is 0 Å². The molecule has 7 heteroatoms. The number of carbonyl (C=O) groups excluding carboxylic acids is 2. The van der Waals surface area contributed by atoms with Crippen LogP contribution in [0.15, 0.2) is 48.5 Å². The van der Waals surface area contributed by atoms with E-state index in [4.69, 9.17) is 14.6 Å². The normalized spacial score (nSPS) is 17.2. The third-order valence-electron chi connectivity index (χ3n) is 6.15. The fourth-order valence-electron chi connectivity index (χ4n) is 4.24. The van der Waals surface area contributed by atoms with Gasteiger partial charge in [0.2, 0.25) is 0 Å². The molecule has 0 bridgehead atoms. The summed E-state index contributed by atoms with van der Waals surface area (Å²) in [6.45, 7) is 3.63. The predicted octanol–water partition coefficient (Wildman–Crippen LogP) is 3.21. The van der Waals surface area contributed by atoms with Crippen molar-refractivity contribution in [3.63, 3.8) is 0 Å². The summed E-state index contributed by atoms with van der Waals surface area (Å²) in [7, 11) is 0. The largest absolute Gasteiger partial charge is 0.388 e. The zero-order valence-corrected chi connectivity index (χ0v) is 18.2. The second-order valence-corrected chi connectivity index (χ2v) is 8.23. The number of nitrogens with zero attached hydrogens (tertiary/aromatic N) is 2. The zero-order valence-electron chi connectivity index (χ0n) is 18.2. The van der Waals surface area contributed by atoms with Crippen LogP contribution in [-0.2, 0) is 16.0 Å². The maximum Gasteiger partial charge on any atom is 0.324 e. The smallest absolute Gasteiger partial charge is 0.324 e. The van der Waals surface area contributed by atoms with Gasteiger partial charge in [-0.05, 0) is 42.0 Å². The Bertz CT molecular complexity index is 918. The predicted molar refractivity (Wildman–Crippen MR) is 121 cm³/mol. The summed E-state index contributed by atoms with van der Waals surface area (Å²) in [5.41, 5.74) is 3.47. The van der Waals surface area contributed by atoms with Crippen molar-refractivity contribution < 1.29 is 24.2 Å². The number of amides is 2. The molecule has 2 heterocycles. The topological polar surface area (TPSA) is 79.3 Å². The van der Waals surface area contributed by atoms with Gasteiger partial charge in [-0.15, -0.1) is 0 Å². The van der Waals surface area contributed by atoms with Crippen molar-refractivity contribution in [3.8, 4) is 0 Å². The van der Waals surface area contributed by atoms with Gasteiger partial charge in [-0.3, -0.25) is 9.69 Å². The first-order valence-electron chi connectivity index (χ1n) is 11.2. The van der Waals surface area contributed by atoms with Crippen LogP contribution in [0.25, 0.3) is 0 Å². The van der Waals surface area contributed by atoms with Crippen molar-refractivity contribution in [2.75, 3.05) is 51.0 Å². The molecule has 2 aromatic rings. The van der Waals surface area contributed by atoms with Crippen molar-refractivity contribution in [1.29, 1.82) is 0 Å². The highest BCUT2D eigenvalue weighted by atomic mass is 16.5. The van der Waals surface area contributed by atoms with E-state index in [1.165, 1.54) is 5.56 Å². The minimum Gasteiger partial charge on any atom is -0.388 e. The molecular formula is C25H30N2O5. The van der Waals surface area contributed by atoms with Gasteiger partial charge in [0.25, 0.3) is 0 Å². The van der Waals surface area contributed by atoms with E-state index < -0.39 is 6.61 Å². The molecule has 2 saturated heterocycles. The Morgan fingerprint density at radius 1 is 0.969 bits per heavy atom. The number of hydrogen-bond donors (Lipinski definition) is 1. The van der Waals surface area contributed by atoms with Crippen LogP contribution in [0.2, 0.25) is 0 Å². The van der Waals surface area contributed by atoms with E-state index in [9.17, 15) is 9.59 Å². The molecule has 0 atom stereocenters. The number of ether oxygens (including phenoxy) is 2. The third kappa shape index (κ3) is 5.35. The van der Waals surface area contributed by atoms with Gasteiger partial charge in [-0.25, -0.2) is 4.79 Å². The molecule has 2 amide bonds. The van der Waals surface area contributed by atoms with Gasteiger partial charge in [-0.1, -0.05) is 36.4 Å². The number of hydrogen-bond acceptors (Lipinski definition) is 5. The van der Waals surface area contributed by atoms with Gasteiger partial charge < -0.3 is 19.5 Å². The van der Waals surface area contributed by atoms with Crippen molar-refractivity contribution in [2.24, 2.45) is 0 Å². The highest BCUT2D eigenvalue weighted by Crippen LogP contribution is 2.30. The van der Waals surface area contributed by atoms with E-state index in [1.54, 1.807) is 17.0 Å². The van der Waals surface area contributed by atoms with E-state index in [0.29, 0.717) is 44.3 Å². The molecule has 0 unspecified atom stereocenters. The first kappa shape index (κ1) is 22.5. The molecule has 0 saturated carbocycles. The number of anilines is 1. The molecule has 1 N–H and O–H groups in total. The number of ketones is 1. The van der Waals surface area contributed by atoms with Gasteiger partial charge in [0.1, 0.15) is 6.61 Å². The summed E-state index contributed by atoms with van der Waals surface area (Å²) in [6, 6.07) is 15.3. The molecule has 32 heavy (non-hydrogen) atoms. The molecule has 0 radical (unpaired) electrons. The van der Waals surface area contributed by atoms with Crippen LogP contribution in [0.3, 0.4) is 0 Å². The van der Waals surface area contributed by atoms with Crippen LogP contribution in [0.4, 0.5) is 10.5 Å². The maximum atomic E-state index is 13.5. The number of aliphatic hydroxyl groups excluding tert-OH is 1. The van der Waals surface area contributed by atoms with Crippen molar-refractivity contribution in [3.05, 3.63) is 65.2 Å². The number of Topliss-reactive ketones (excluding diaryl/α,β-unsaturated/α-hetero) is 1. The Morgan fingerprint density at radius 2 is 1.66 bits per heavy atom. The number of carbonyl (C=O) groups is 2. The Hall–Kier alpha value is -2.74. The molecule has 7 nitrogen and oxygen atoms in total. The van der Waals surface area contributed by atoms with Crippen LogP contribution >= 0.6 is 0 Å². The summed E-state index contributed by atoms with van der Waals surface area (Å²) in [4.78, 5) is 28.9. The first-order valence-corrected chi connectivity index (χ1v) is 11.2. The van der Waals surface area contributed by atoms with E-state index in [2.05, 4.69) is 12.1 Å². The zero-order chi connectivity index (χ0) is 22.3. The Morgan fingerprint density at radius 3 is 2.34 bits per heavy atom. The van der Waals surface area contributed by atoms with E-state index >= 15 is 0 Å². The molecule has 0 aliphatic carbocycles. The average Bonchev–Trinajstić information content (AvgIpc) is 2.88. The molecule has 2 aromatic carbocycles. The second kappa shape index (κ2) is 10.7. The van der Waals surface area contributed by atoms with Crippen LogP contribution < -0.4 is 4.90 Å². The van der Waals surface area contributed by atoms with Gasteiger partial charge in [0.05, 0.1) is 19.8 Å². The highest BCUT2D eigenvalue weighted by molar-refractivity contribution is 5.97. The molecular weight excluding hydrogens is 408 g/mol. The Kier molecular flexibility index (Phi) is 7.52. The fourth-order valence-corrected chi connectivity index (χ4v) is 4.24. The van der Waals surface area contributed by atoms with Crippen molar-refractivity contribution >= 4 is 17.5 Å². The molecule has 170 valence electrons. The Labute approximate surface area is 188 Å². The average molecular weight is 439 g/mol. The number of aliphatic hydroxyl groups is 1. The highest BCUT2D eigenvalue weighted by Gasteiger charge is 2.25. The quantitative estimate of drug-likeness (QED) is 0.701. The minimum absolute atomic E-state index is 0.0482. The summed E-state index contributed by atoms with van der Waals surface area (Å²) in [5.74, 6) is 0.120. The van der Waals surface area contributed by atoms with Gasteiger partial charge in [0, 0.05) is 37.6 Å². The lowest BCUT2D eigenvalue weighted by atomic mass is 9.91. The summed E-state index contributed by atoms with van der Waals surface area (Å²) < 4.78 is 10.9. The summed E-state index contributed by atoms with van der Waals surface area (Å²) in [6.07, 6.45) is 1.97. The number of rotatable bonds is 6. The molecule has 4 rings (SSSR count). The maximum absolute atomic E-state index is 13.5. The number of benzene rings is 2. The van der Waals surface area contributed by atoms with Gasteiger partial charge in [-0.2, -0.15) is 0 Å². The van der Waals surface area contributed by atoms with Crippen molar-refractivity contribution in [1.82, 2.24) is 4.90 Å². The number of urea groups is 1. The van der Waals surface area contributed by atoms with Crippen molar-refractivity contribution in [2.45, 2.75) is 25.3 Å². The standard InChI is InChI=1S/C25H30N2O5/c28-18-24(29)21-6-4-19(5-7-21)17-27(25(30)26-10-14-32-15-11-26)23-3-1-2-22(16-23)20-8-12-31-13-9-20/h1-7,16,20,28H,8-15,17-18H2. The summed E-state index contributed by atoms with van der Waals surface area (Å²) in [5, 5.41) is 9.08. The summed E-state index contributed by atoms with van der Waals surface area (Å²) >= 11 is 0. The van der Waals surface area contributed by atoms with E-state index in [-0.39, 0.29) is 11.8 Å². The van der Waals surface area contributed by atoms with E-state index in [1.807, 2.05) is 29.2 Å². The first-order chi connectivity index (χ1) is 15.7. The van der Waals surface area contributed by atoms with Gasteiger partial charge in [0.15, 0.2) is 5.78 Å². The lowest BCUT2D eigenvalue weighted by Gasteiger charge is -2.33. The van der Waals surface area contributed by atoms with Crippen LogP contribution in [0, 0.1) is 0 Å². The SMILES string of the molecule is O=C(CO)c1ccc(CN(C(=O)N2CCOCC2)c2cccc(C3CCOCC3)c2)cc1. The molecule has 2 aliphatic rings. The molecule has 2 aliphatic heterocycles. The lowest BCUT2D eigenvalue weighted by Crippen LogP contribution is -2.48. The Balaban J connectivity index is 1.60. The molecule has 0 aromatic heterocycles. The monoisotopic (exact) mass is 438 g/mol. The molecule has 2 fully saturated rings. The van der Waals surface area contributed by atoms with E-state index in [0.717, 1.165) is 37.3 Å². The van der Waals surface area contributed by atoms with Crippen LogP contribution in [-0.4, -0.2) is 67.9 Å². The number of morpholine rings is 1. The minimum atomic E-state index is -0.514. The second-order valence-electron chi connectivity index (χ2n) is 8.23. The van der Waals surface area contributed by atoms with Gasteiger partial charge >= 0.3 is 6.03 Å². The lowest BCUT2D eigenvalue weighted by molar-refractivity contribution is 0.0548. The molecule has 0 spiro atoms. The van der Waals surface area contributed by atoms with Crippen LogP contribution in [0.1, 0.15) is 40.2 Å².